The number of ether oxygens (including phenoxy) is 1. The predicted octanol–water partition coefficient (Wildman–Crippen LogP) is 3.92. The van der Waals surface area contributed by atoms with Crippen LogP contribution in [0.2, 0.25) is 6.32 Å². The van der Waals surface area contributed by atoms with E-state index in [0.717, 1.165) is 17.1 Å². The topological polar surface area (TPSA) is 35.1 Å². The van der Waals surface area contributed by atoms with Crippen LogP contribution in [0.3, 0.4) is 0 Å². The first-order valence-electron chi connectivity index (χ1n) is 10.5. The van der Waals surface area contributed by atoms with Gasteiger partial charge in [-0.05, 0) is 70.7 Å². The second-order valence-electron chi connectivity index (χ2n) is 8.10. The number of carbonyl (C=O) groups excluding carboxylic acids is 1. The largest absolute Gasteiger partial charge is 0.468 e. The molecule has 0 N–H and O–H groups in total. The van der Waals surface area contributed by atoms with E-state index in [1.807, 2.05) is 14.2 Å². The fourth-order valence-electron chi connectivity index (χ4n) is 4.48. The molecule has 1 heterocycles. The van der Waals surface area contributed by atoms with Crippen LogP contribution < -0.4 is 10.3 Å². The summed E-state index contributed by atoms with van der Waals surface area (Å²) >= 11 is 0. The van der Waals surface area contributed by atoms with Crippen LogP contribution in [0.1, 0.15) is 40.3 Å². The number of imidazole rings is 1. The van der Waals surface area contributed by atoms with Gasteiger partial charge < -0.3 is 4.74 Å². The van der Waals surface area contributed by atoms with Crippen LogP contribution in [0.5, 0.6) is 0 Å². The molecule has 0 atom stereocenters. The highest BCUT2D eigenvalue weighted by molar-refractivity contribution is 6.54. The molecule has 4 nitrogen and oxygen atoms in total. The molecule has 30 heavy (non-hydrogen) atoms. The van der Waals surface area contributed by atoms with E-state index in [1.54, 1.807) is 0 Å². The molecule has 156 valence electrons. The van der Waals surface area contributed by atoms with Gasteiger partial charge in [0.1, 0.15) is 23.8 Å². The summed E-state index contributed by atoms with van der Waals surface area (Å²) in [5, 5.41) is 0. The number of hydrogen-bond acceptors (Lipinski definition) is 2. The summed E-state index contributed by atoms with van der Waals surface area (Å²) in [5.41, 5.74) is 10.6. The first kappa shape index (κ1) is 21.9. The molecule has 0 amide bonds. The van der Waals surface area contributed by atoms with E-state index in [1.165, 1.54) is 33.4 Å². The predicted molar refractivity (Wildman–Crippen MR) is 123 cm³/mol. The van der Waals surface area contributed by atoms with Gasteiger partial charge in [0.2, 0.25) is 0 Å². The zero-order valence-electron chi connectivity index (χ0n) is 19.2. The molecule has 0 bridgehead atoms. The molecule has 0 aliphatic rings. The van der Waals surface area contributed by atoms with Crippen molar-refractivity contribution in [2.24, 2.45) is 0 Å². The molecule has 1 aromatic heterocycles. The second kappa shape index (κ2) is 8.91. The molecule has 0 saturated carbocycles. The highest BCUT2D eigenvalue weighted by Crippen LogP contribution is 2.21. The van der Waals surface area contributed by atoms with Crippen LogP contribution in [0.4, 0.5) is 0 Å². The van der Waals surface area contributed by atoms with Gasteiger partial charge in [-0.1, -0.05) is 35.4 Å². The SMILES string of the molecule is CCOC(=O)C[B-]c1n(-c2c(C)cc(C)cc2C)cc[n+]1-c1c(C)cc(C)cc1C. The number of benzene rings is 2. The first-order valence-corrected chi connectivity index (χ1v) is 10.5. The minimum Gasteiger partial charge on any atom is -0.468 e. The van der Waals surface area contributed by atoms with Gasteiger partial charge in [-0.25, -0.2) is 9.13 Å². The molecule has 2 radical (unpaired) electrons. The van der Waals surface area contributed by atoms with Gasteiger partial charge in [0.05, 0.1) is 6.61 Å². The van der Waals surface area contributed by atoms with E-state index in [0.29, 0.717) is 6.61 Å². The van der Waals surface area contributed by atoms with E-state index in [-0.39, 0.29) is 12.3 Å². The second-order valence-corrected chi connectivity index (χ2v) is 8.10. The molecule has 0 aliphatic carbocycles. The maximum absolute atomic E-state index is 12.1. The van der Waals surface area contributed by atoms with Crippen molar-refractivity contribution in [1.82, 2.24) is 4.57 Å². The summed E-state index contributed by atoms with van der Waals surface area (Å²) in [4.78, 5) is 12.1. The lowest BCUT2D eigenvalue weighted by atomic mass is 9.73. The van der Waals surface area contributed by atoms with E-state index in [9.17, 15) is 4.79 Å². The molecule has 3 aromatic rings. The number of aryl methyl sites for hydroxylation is 6. The van der Waals surface area contributed by atoms with E-state index in [2.05, 4.69) is 87.3 Å². The molecule has 2 aromatic carbocycles. The average molecular weight is 402 g/mol. The van der Waals surface area contributed by atoms with Crippen molar-refractivity contribution in [3.05, 3.63) is 70.0 Å². The monoisotopic (exact) mass is 402 g/mol. The first-order chi connectivity index (χ1) is 14.2. The minimum atomic E-state index is -0.216. The van der Waals surface area contributed by atoms with Gasteiger partial charge in [0.25, 0.3) is 5.97 Å². The molecular weight excluding hydrogens is 371 g/mol. The lowest BCUT2D eigenvalue weighted by Crippen LogP contribution is -2.52. The lowest BCUT2D eigenvalue weighted by Gasteiger charge is -2.19. The van der Waals surface area contributed by atoms with Crippen LogP contribution in [-0.4, -0.2) is 24.4 Å². The fourth-order valence-corrected chi connectivity index (χ4v) is 4.48. The Morgan fingerprint density at radius 1 is 0.933 bits per heavy atom. The van der Waals surface area contributed by atoms with Crippen LogP contribution in [0.25, 0.3) is 11.4 Å². The summed E-state index contributed by atoms with van der Waals surface area (Å²) in [6.07, 6.45) is 4.40. The van der Waals surface area contributed by atoms with Crippen LogP contribution in [0.15, 0.2) is 36.7 Å². The third kappa shape index (κ3) is 4.35. The zero-order chi connectivity index (χ0) is 22.0. The number of nitrogens with zero attached hydrogens (tertiary/aromatic N) is 2. The molecule has 0 fully saturated rings. The molecule has 0 unspecified atom stereocenters. The molecule has 3 rings (SSSR count). The van der Waals surface area contributed by atoms with Gasteiger partial charge in [0.15, 0.2) is 0 Å². The Kier molecular flexibility index (Phi) is 6.50. The van der Waals surface area contributed by atoms with Gasteiger partial charge in [0, 0.05) is 5.72 Å². The normalized spacial score (nSPS) is 11.0. The Bertz CT molecular complexity index is 978. The van der Waals surface area contributed by atoms with Crippen molar-refractivity contribution in [1.29, 1.82) is 0 Å². The van der Waals surface area contributed by atoms with Crippen LogP contribution >= 0.6 is 0 Å². The van der Waals surface area contributed by atoms with Gasteiger partial charge in [-0.3, -0.25) is 4.79 Å². The smallest absolute Gasteiger partial charge is 0.265 e. The summed E-state index contributed by atoms with van der Waals surface area (Å²) in [5.74, 6) is -0.216. The standard InChI is InChI=1S/C25H31BN2O2/c1-8-30-22(29)15-26-25-27(23-18(4)11-16(2)12-19(23)5)9-10-28(25)24-20(6)13-17(3)14-21(24)7/h9-14H,8,15H2,1-7H3. The van der Waals surface area contributed by atoms with E-state index in [4.69, 9.17) is 4.74 Å². The number of rotatable bonds is 6. The van der Waals surface area contributed by atoms with Gasteiger partial charge in [-0.2, -0.15) is 7.28 Å². The molecule has 0 aliphatic heterocycles. The van der Waals surface area contributed by atoms with E-state index < -0.39 is 0 Å². The highest BCUT2D eigenvalue weighted by Gasteiger charge is 2.19. The Labute approximate surface area is 180 Å². The molecule has 0 saturated heterocycles. The summed E-state index contributed by atoms with van der Waals surface area (Å²) in [6.45, 7) is 15.0. The fraction of sp³-hybridized carbons (Fsp3) is 0.360. The number of carbonyl (C=O) groups is 1. The number of hydrogen-bond donors (Lipinski definition) is 0. The Morgan fingerprint density at radius 2 is 1.47 bits per heavy atom. The van der Waals surface area contributed by atoms with Crippen molar-refractivity contribution >= 4 is 19.0 Å². The zero-order valence-corrected chi connectivity index (χ0v) is 19.2. The summed E-state index contributed by atoms with van der Waals surface area (Å²) < 4.78 is 9.53. The van der Waals surface area contributed by atoms with Crippen molar-refractivity contribution in [2.75, 3.05) is 6.61 Å². The minimum absolute atomic E-state index is 0.216. The third-order valence-corrected chi connectivity index (χ3v) is 5.37. The third-order valence-electron chi connectivity index (χ3n) is 5.37. The Morgan fingerprint density at radius 3 is 2.00 bits per heavy atom. The van der Waals surface area contributed by atoms with Gasteiger partial charge in [-0.15, -0.1) is 6.32 Å². The maximum atomic E-state index is 12.1. The average Bonchev–Trinajstić information content (AvgIpc) is 3.01. The van der Waals surface area contributed by atoms with Crippen molar-refractivity contribution in [3.63, 3.8) is 0 Å². The number of aromatic nitrogens is 2. The Hall–Kier alpha value is -2.82. The van der Waals surface area contributed by atoms with Crippen molar-refractivity contribution < 1.29 is 14.1 Å². The van der Waals surface area contributed by atoms with Crippen LogP contribution in [0, 0.1) is 41.5 Å². The Balaban J connectivity index is 2.19. The lowest BCUT2D eigenvalue weighted by molar-refractivity contribution is -0.576. The summed E-state index contributed by atoms with van der Waals surface area (Å²) in [7, 11) is 1.97. The van der Waals surface area contributed by atoms with E-state index >= 15 is 0 Å². The number of esters is 1. The molecule has 5 heteroatoms. The van der Waals surface area contributed by atoms with Crippen molar-refractivity contribution in [2.45, 2.75) is 54.8 Å². The molecular formula is C25H31BN2O2. The van der Waals surface area contributed by atoms with Crippen molar-refractivity contribution in [3.8, 4) is 11.4 Å². The molecule has 0 spiro atoms. The quantitative estimate of drug-likeness (QED) is 0.356. The maximum Gasteiger partial charge on any atom is 0.265 e. The van der Waals surface area contributed by atoms with Crippen LogP contribution in [-0.2, 0) is 9.53 Å². The highest BCUT2D eigenvalue weighted by atomic mass is 16.5. The van der Waals surface area contributed by atoms with Gasteiger partial charge >= 0.3 is 0 Å². The summed E-state index contributed by atoms with van der Waals surface area (Å²) in [6, 6.07) is 8.79.